The van der Waals surface area contributed by atoms with Gasteiger partial charge in [0, 0.05) is 17.5 Å². The van der Waals surface area contributed by atoms with Gasteiger partial charge in [-0.15, -0.1) is 11.3 Å². The maximum atomic E-state index is 15.1. The lowest BCUT2D eigenvalue weighted by Crippen LogP contribution is -2.49. The van der Waals surface area contributed by atoms with Gasteiger partial charge in [-0.05, 0) is 52.4 Å². The standard InChI is InChI=1S/C34H28N2O6S/c1-40-24-17-20(18-25(41-2)31(24)42-3)29(37)27-28(30(38)26-13-8-16-43-26)36-15-14-19-9-4-5-10-21(19)32(36)34(27)22-11-6-7-12-23(22)35-33(34)39/h4-18,27-28,32H,1-3H3,(H,35,39). The predicted octanol–water partition coefficient (Wildman–Crippen LogP) is 5.76. The highest BCUT2D eigenvalue weighted by Crippen LogP contribution is 2.62. The normalized spacial score (nSPS) is 22.9. The first-order valence-corrected chi connectivity index (χ1v) is 14.7. The molecule has 3 aliphatic rings. The molecule has 1 saturated heterocycles. The molecule has 4 atom stereocenters. The molecule has 216 valence electrons. The number of thiophene rings is 1. The average Bonchev–Trinajstić information content (AvgIpc) is 3.76. The van der Waals surface area contributed by atoms with Crippen molar-refractivity contribution in [3.8, 4) is 17.2 Å². The number of rotatable bonds is 7. The number of ketones is 2. The van der Waals surface area contributed by atoms with Gasteiger partial charge >= 0.3 is 0 Å². The third-order valence-corrected chi connectivity index (χ3v) is 9.72. The second kappa shape index (κ2) is 10.1. The zero-order valence-corrected chi connectivity index (χ0v) is 24.5. The highest BCUT2D eigenvalue weighted by atomic mass is 32.1. The first-order chi connectivity index (χ1) is 20.9. The summed E-state index contributed by atoms with van der Waals surface area (Å²) in [4.78, 5) is 46.6. The molecule has 1 aromatic heterocycles. The van der Waals surface area contributed by atoms with E-state index in [2.05, 4.69) is 5.32 Å². The van der Waals surface area contributed by atoms with Crippen LogP contribution in [0.5, 0.6) is 17.2 Å². The van der Waals surface area contributed by atoms with Crippen LogP contribution in [0, 0.1) is 5.92 Å². The number of carbonyl (C=O) groups is 3. The molecular weight excluding hydrogens is 564 g/mol. The molecule has 4 unspecified atom stereocenters. The molecule has 1 amide bonds. The van der Waals surface area contributed by atoms with Crippen molar-refractivity contribution in [2.75, 3.05) is 26.6 Å². The van der Waals surface area contributed by atoms with Crippen molar-refractivity contribution < 1.29 is 28.6 Å². The first kappa shape index (κ1) is 27.0. The van der Waals surface area contributed by atoms with Crippen LogP contribution in [0.3, 0.4) is 0 Å². The Labute approximate surface area is 252 Å². The van der Waals surface area contributed by atoms with Crippen molar-refractivity contribution in [3.05, 3.63) is 112 Å². The molecular formula is C34H28N2O6S. The zero-order chi connectivity index (χ0) is 29.9. The van der Waals surface area contributed by atoms with Crippen molar-refractivity contribution >= 4 is 40.6 Å². The fourth-order valence-corrected chi connectivity index (χ4v) is 7.83. The van der Waals surface area contributed by atoms with Crippen LogP contribution in [0.15, 0.2) is 84.4 Å². The van der Waals surface area contributed by atoms with Crippen molar-refractivity contribution in [1.82, 2.24) is 4.90 Å². The molecule has 3 aromatic carbocycles. The highest BCUT2D eigenvalue weighted by molar-refractivity contribution is 7.12. The maximum absolute atomic E-state index is 15.1. The van der Waals surface area contributed by atoms with E-state index < -0.39 is 23.4 Å². The summed E-state index contributed by atoms with van der Waals surface area (Å²) in [7, 11) is 4.45. The Bertz CT molecular complexity index is 1790. The number of para-hydroxylation sites is 1. The van der Waals surface area contributed by atoms with Crippen molar-refractivity contribution in [1.29, 1.82) is 0 Å². The monoisotopic (exact) mass is 592 g/mol. The van der Waals surface area contributed by atoms with E-state index in [-0.39, 0.29) is 23.0 Å². The minimum Gasteiger partial charge on any atom is -0.493 e. The average molecular weight is 593 g/mol. The van der Waals surface area contributed by atoms with Crippen LogP contribution in [0.4, 0.5) is 5.69 Å². The minimum atomic E-state index is -1.42. The fourth-order valence-electron chi connectivity index (χ4n) is 7.14. The minimum absolute atomic E-state index is 0.219. The molecule has 4 aromatic rings. The first-order valence-electron chi connectivity index (χ1n) is 13.8. The van der Waals surface area contributed by atoms with Gasteiger partial charge in [-0.3, -0.25) is 14.4 Å². The Hall–Kier alpha value is -4.89. The molecule has 8 nitrogen and oxygen atoms in total. The second-order valence-corrected chi connectivity index (χ2v) is 11.7. The van der Waals surface area contributed by atoms with E-state index in [1.807, 2.05) is 77.2 Å². The molecule has 1 fully saturated rings. The number of carbonyl (C=O) groups excluding carboxylic acids is 3. The number of hydrogen-bond acceptors (Lipinski definition) is 8. The number of anilines is 1. The van der Waals surface area contributed by atoms with Gasteiger partial charge in [-0.2, -0.15) is 0 Å². The van der Waals surface area contributed by atoms with Crippen LogP contribution in [0.1, 0.15) is 42.8 Å². The van der Waals surface area contributed by atoms with Crippen molar-refractivity contribution in [2.45, 2.75) is 17.5 Å². The fraction of sp³-hybridized carbons (Fsp3) is 0.206. The van der Waals surface area contributed by atoms with Crippen molar-refractivity contribution in [3.63, 3.8) is 0 Å². The summed E-state index contributed by atoms with van der Waals surface area (Å²) in [5.41, 5.74) is 1.95. The molecule has 4 heterocycles. The van der Waals surface area contributed by atoms with Crippen LogP contribution >= 0.6 is 11.3 Å². The lowest BCUT2D eigenvalue weighted by Gasteiger charge is -2.38. The van der Waals surface area contributed by atoms with Crippen LogP contribution < -0.4 is 19.5 Å². The molecule has 3 aliphatic heterocycles. The molecule has 7 rings (SSSR count). The van der Waals surface area contributed by atoms with Crippen LogP contribution in [0.2, 0.25) is 0 Å². The molecule has 1 N–H and O–H groups in total. The number of nitrogens with one attached hydrogen (secondary N) is 1. The lowest BCUT2D eigenvalue weighted by molar-refractivity contribution is -0.122. The number of hydrogen-bond donors (Lipinski definition) is 1. The Morgan fingerprint density at radius 2 is 1.60 bits per heavy atom. The summed E-state index contributed by atoms with van der Waals surface area (Å²) in [6.07, 6.45) is 3.81. The zero-order valence-electron chi connectivity index (χ0n) is 23.7. The lowest BCUT2D eigenvalue weighted by atomic mass is 9.62. The second-order valence-electron chi connectivity index (χ2n) is 10.7. The number of methoxy groups -OCH3 is 3. The molecule has 0 radical (unpaired) electrons. The van der Waals surface area contributed by atoms with Gasteiger partial charge in [-0.25, -0.2) is 0 Å². The van der Waals surface area contributed by atoms with Crippen LogP contribution in [-0.4, -0.2) is 49.7 Å². The van der Waals surface area contributed by atoms with Crippen LogP contribution in [-0.2, 0) is 10.2 Å². The van der Waals surface area contributed by atoms with Gasteiger partial charge in [0.25, 0.3) is 0 Å². The maximum Gasteiger partial charge on any atom is 0.238 e. The Kier molecular flexibility index (Phi) is 6.36. The third-order valence-electron chi connectivity index (χ3n) is 8.83. The molecule has 43 heavy (non-hydrogen) atoms. The number of amides is 1. The summed E-state index contributed by atoms with van der Waals surface area (Å²) < 4.78 is 16.7. The quantitative estimate of drug-likeness (QED) is 0.273. The molecule has 0 saturated carbocycles. The molecule has 1 spiro atoms. The van der Waals surface area contributed by atoms with E-state index in [1.165, 1.54) is 32.7 Å². The van der Waals surface area contributed by atoms with E-state index in [1.54, 1.807) is 18.2 Å². The van der Waals surface area contributed by atoms with Crippen LogP contribution in [0.25, 0.3) is 6.08 Å². The number of benzene rings is 3. The van der Waals surface area contributed by atoms with Gasteiger partial charge in [-0.1, -0.05) is 48.5 Å². The predicted molar refractivity (Wildman–Crippen MR) is 163 cm³/mol. The summed E-state index contributed by atoms with van der Waals surface area (Å²) in [5, 5.41) is 4.91. The van der Waals surface area contributed by atoms with E-state index in [0.29, 0.717) is 33.4 Å². The van der Waals surface area contributed by atoms with Gasteiger partial charge in [0.2, 0.25) is 11.7 Å². The smallest absolute Gasteiger partial charge is 0.238 e. The number of nitrogens with zero attached hydrogens (tertiary/aromatic N) is 1. The van der Waals surface area contributed by atoms with Gasteiger partial charge in [0.1, 0.15) is 11.5 Å². The summed E-state index contributed by atoms with van der Waals surface area (Å²) in [5.74, 6) is -1.07. The Morgan fingerprint density at radius 3 is 2.30 bits per heavy atom. The van der Waals surface area contributed by atoms with E-state index in [0.717, 1.165) is 11.1 Å². The summed E-state index contributed by atoms with van der Waals surface area (Å²) in [6, 6.07) is 20.4. The molecule has 0 bridgehead atoms. The van der Waals surface area contributed by atoms with E-state index in [9.17, 15) is 9.59 Å². The largest absolute Gasteiger partial charge is 0.493 e. The van der Waals surface area contributed by atoms with Crippen molar-refractivity contribution in [2.24, 2.45) is 5.92 Å². The summed E-state index contributed by atoms with van der Waals surface area (Å²) in [6.45, 7) is 0. The number of Topliss-reactive ketones (excluding diaryl/α,β-unsaturated/α-hetero) is 2. The molecule has 0 aliphatic carbocycles. The number of fused-ring (bicyclic) bond motifs is 6. The van der Waals surface area contributed by atoms with Gasteiger partial charge in [0.05, 0.1) is 38.2 Å². The Balaban J connectivity index is 1.54. The van der Waals surface area contributed by atoms with E-state index in [4.69, 9.17) is 14.2 Å². The highest BCUT2D eigenvalue weighted by Gasteiger charge is 2.70. The summed E-state index contributed by atoms with van der Waals surface area (Å²) >= 11 is 1.32. The van der Waals surface area contributed by atoms with E-state index >= 15 is 4.79 Å². The Morgan fingerprint density at radius 1 is 0.884 bits per heavy atom. The third kappa shape index (κ3) is 3.71. The SMILES string of the molecule is COc1cc(C(=O)C2C(C(=O)c3cccs3)N3C=Cc4ccccc4C3C23C(=O)Nc2ccccc23)cc(OC)c1OC. The topological polar surface area (TPSA) is 94.2 Å². The molecule has 9 heteroatoms. The van der Waals surface area contributed by atoms with Gasteiger partial charge < -0.3 is 24.4 Å². The number of ether oxygens (including phenoxy) is 3. The van der Waals surface area contributed by atoms with Gasteiger partial charge in [0.15, 0.2) is 23.1 Å².